The summed E-state index contributed by atoms with van der Waals surface area (Å²) in [6.45, 7) is -0.270. The molecular weight excluding hydrogens is 316 g/mol. The van der Waals surface area contributed by atoms with Crippen molar-refractivity contribution in [1.82, 2.24) is 4.57 Å². The van der Waals surface area contributed by atoms with Gasteiger partial charge in [-0.2, -0.15) is 0 Å². The number of hydrogen-bond acceptors (Lipinski definition) is 3. The van der Waals surface area contributed by atoms with E-state index in [2.05, 4.69) is 0 Å². The number of anilines is 1. The molecule has 5 nitrogen and oxygen atoms in total. The quantitative estimate of drug-likeness (QED) is 0.750. The maximum Gasteiger partial charge on any atom is 0.323 e. The van der Waals surface area contributed by atoms with Crippen LogP contribution in [0.25, 0.3) is 21.8 Å². The summed E-state index contributed by atoms with van der Waals surface area (Å²) in [6.07, 6.45) is 0. The normalized spacial score (nSPS) is 11.1. The molecule has 1 N–H and O–H groups in total. The number of benzene rings is 2. The van der Waals surface area contributed by atoms with Gasteiger partial charge in [0.05, 0.1) is 21.7 Å². The molecule has 1 heterocycles. The van der Waals surface area contributed by atoms with Crippen molar-refractivity contribution in [1.29, 1.82) is 0 Å². The zero-order valence-corrected chi connectivity index (χ0v) is 13.5. The van der Waals surface area contributed by atoms with E-state index < -0.39 is 5.97 Å². The van der Waals surface area contributed by atoms with Crippen molar-refractivity contribution in [2.24, 2.45) is 0 Å². The molecule has 0 aliphatic carbocycles. The minimum absolute atomic E-state index is 0.149. The molecule has 0 fully saturated rings. The van der Waals surface area contributed by atoms with Crippen molar-refractivity contribution in [3.8, 4) is 0 Å². The average Bonchev–Trinajstić information content (AvgIpc) is 2.50. The Kier molecular flexibility index (Phi) is 3.74. The lowest BCUT2D eigenvalue weighted by molar-refractivity contribution is -0.137. The van der Waals surface area contributed by atoms with Gasteiger partial charge in [0.15, 0.2) is 5.43 Å². The molecule has 0 saturated carbocycles. The lowest BCUT2D eigenvalue weighted by atomic mass is 10.1. The Morgan fingerprint density at radius 1 is 1.17 bits per heavy atom. The lowest BCUT2D eigenvalue weighted by Crippen LogP contribution is -2.17. The van der Waals surface area contributed by atoms with Crippen molar-refractivity contribution in [3.63, 3.8) is 0 Å². The minimum atomic E-state index is -0.994. The molecule has 3 aromatic rings. The Hall–Kier alpha value is -2.53. The second kappa shape index (κ2) is 5.59. The molecule has 2 aromatic carbocycles. The number of rotatable bonds is 3. The van der Waals surface area contributed by atoms with Gasteiger partial charge in [0.25, 0.3) is 0 Å². The summed E-state index contributed by atoms with van der Waals surface area (Å²) < 4.78 is 1.59. The summed E-state index contributed by atoms with van der Waals surface area (Å²) in [6, 6.07) is 10.4. The number of halogens is 1. The highest BCUT2D eigenvalue weighted by Crippen LogP contribution is 2.33. The lowest BCUT2D eigenvalue weighted by Gasteiger charge is -2.19. The second-order valence-electron chi connectivity index (χ2n) is 5.52. The highest BCUT2D eigenvalue weighted by molar-refractivity contribution is 6.38. The molecular formula is C17H15ClN2O3. The smallest absolute Gasteiger partial charge is 0.323 e. The topological polar surface area (TPSA) is 62.5 Å². The number of para-hydroxylation sites is 1. The van der Waals surface area contributed by atoms with Crippen LogP contribution in [0.15, 0.2) is 41.2 Å². The summed E-state index contributed by atoms with van der Waals surface area (Å²) >= 11 is 6.50. The number of hydrogen-bond donors (Lipinski definition) is 1. The number of aliphatic carboxylic acids is 1. The van der Waals surface area contributed by atoms with Crippen molar-refractivity contribution in [2.45, 2.75) is 6.54 Å². The number of aromatic nitrogens is 1. The molecule has 0 radical (unpaired) electrons. The predicted octanol–water partition coefficient (Wildman–Crippen LogP) is 2.96. The van der Waals surface area contributed by atoms with E-state index in [-0.39, 0.29) is 12.0 Å². The zero-order valence-electron chi connectivity index (χ0n) is 12.7. The van der Waals surface area contributed by atoms with Crippen molar-refractivity contribution in [3.05, 3.63) is 51.6 Å². The standard InChI is InChI=1S/C17H15ClN2O3/c1-19(2)13-8-7-11-16(15(13)18)20(9-14(21)22)12-6-4-3-5-10(12)17(11)23/h3-8H,9H2,1-2H3,(H,21,22). The molecule has 0 unspecified atom stereocenters. The summed E-state index contributed by atoms with van der Waals surface area (Å²) in [7, 11) is 3.68. The zero-order chi connectivity index (χ0) is 16.7. The molecule has 6 heteroatoms. The second-order valence-corrected chi connectivity index (χ2v) is 5.89. The third-order valence-corrected chi connectivity index (χ3v) is 4.20. The van der Waals surface area contributed by atoms with Gasteiger partial charge in [0, 0.05) is 24.9 Å². The first kappa shape index (κ1) is 15.4. The third kappa shape index (κ3) is 2.43. The van der Waals surface area contributed by atoms with Crippen molar-refractivity contribution >= 4 is 45.1 Å². The Balaban J connectivity index is 2.58. The fourth-order valence-electron chi connectivity index (χ4n) is 2.81. The van der Waals surface area contributed by atoms with E-state index in [1.807, 2.05) is 19.0 Å². The largest absolute Gasteiger partial charge is 0.480 e. The molecule has 0 atom stereocenters. The van der Waals surface area contributed by atoms with Crippen molar-refractivity contribution in [2.75, 3.05) is 19.0 Å². The molecule has 23 heavy (non-hydrogen) atoms. The van der Waals surface area contributed by atoms with Crippen LogP contribution in [0.2, 0.25) is 5.02 Å². The van der Waals surface area contributed by atoms with Crippen LogP contribution < -0.4 is 10.3 Å². The Morgan fingerprint density at radius 3 is 2.52 bits per heavy atom. The average molecular weight is 331 g/mol. The fourth-order valence-corrected chi connectivity index (χ4v) is 3.25. The fraction of sp³-hybridized carbons (Fsp3) is 0.176. The van der Waals surface area contributed by atoms with Crippen LogP contribution in [0.4, 0.5) is 5.69 Å². The molecule has 0 amide bonds. The van der Waals surface area contributed by atoms with Crippen LogP contribution in [-0.4, -0.2) is 29.7 Å². The summed E-state index contributed by atoms with van der Waals surface area (Å²) in [5, 5.41) is 10.5. The highest BCUT2D eigenvalue weighted by atomic mass is 35.5. The van der Waals surface area contributed by atoms with Gasteiger partial charge in [-0.1, -0.05) is 23.7 Å². The van der Waals surface area contributed by atoms with E-state index in [9.17, 15) is 14.7 Å². The predicted molar refractivity (Wildman–Crippen MR) is 92.7 cm³/mol. The minimum Gasteiger partial charge on any atom is -0.480 e. The van der Waals surface area contributed by atoms with Gasteiger partial charge in [-0.3, -0.25) is 9.59 Å². The van der Waals surface area contributed by atoms with Gasteiger partial charge in [-0.25, -0.2) is 0 Å². The van der Waals surface area contributed by atoms with Crippen LogP contribution in [0.5, 0.6) is 0 Å². The van der Waals surface area contributed by atoms with Crippen LogP contribution in [0.1, 0.15) is 0 Å². The van der Waals surface area contributed by atoms with Gasteiger partial charge < -0.3 is 14.6 Å². The van der Waals surface area contributed by atoms with Crippen LogP contribution in [0.3, 0.4) is 0 Å². The molecule has 0 aliphatic rings. The number of carbonyl (C=O) groups is 1. The van der Waals surface area contributed by atoms with E-state index in [0.29, 0.717) is 26.8 Å². The Labute approximate surface area is 137 Å². The first-order valence-corrected chi connectivity index (χ1v) is 7.42. The molecule has 0 aliphatic heterocycles. The van der Waals surface area contributed by atoms with Crippen molar-refractivity contribution < 1.29 is 9.90 Å². The van der Waals surface area contributed by atoms with Crippen LogP contribution >= 0.6 is 11.6 Å². The van der Waals surface area contributed by atoms with E-state index in [1.54, 1.807) is 41.0 Å². The van der Waals surface area contributed by atoms with Crippen LogP contribution in [-0.2, 0) is 11.3 Å². The van der Waals surface area contributed by atoms with Gasteiger partial charge >= 0.3 is 5.97 Å². The molecule has 118 valence electrons. The molecule has 0 bridgehead atoms. The third-order valence-electron chi connectivity index (χ3n) is 3.82. The van der Waals surface area contributed by atoms with Gasteiger partial charge in [0.2, 0.25) is 0 Å². The number of carboxylic acids is 1. The molecule has 3 rings (SSSR count). The first-order chi connectivity index (χ1) is 10.9. The number of pyridine rings is 1. The first-order valence-electron chi connectivity index (χ1n) is 7.04. The maximum atomic E-state index is 12.7. The molecule has 0 saturated heterocycles. The highest BCUT2D eigenvalue weighted by Gasteiger charge is 2.17. The van der Waals surface area contributed by atoms with Gasteiger partial charge in [-0.05, 0) is 24.3 Å². The van der Waals surface area contributed by atoms with E-state index >= 15 is 0 Å². The van der Waals surface area contributed by atoms with Gasteiger partial charge in [-0.15, -0.1) is 0 Å². The molecule has 1 aromatic heterocycles. The Bertz CT molecular complexity index is 992. The maximum absolute atomic E-state index is 12.7. The molecule has 0 spiro atoms. The number of nitrogens with zero attached hydrogens (tertiary/aromatic N) is 2. The number of fused-ring (bicyclic) bond motifs is 2. The monoisotopic (exact) mass is 330 g/mol. The van der Waals surface area contributed by atoms with E-state index in [0.717, 1.165) is 5.69 Å². The summed E-state index contributed by atoms with van der Waals surface area (Å²) in [4.78, 5) is 25.9. The van der Waals surface area contributed by atoms with Crippen LogP contribution in [0, 0.1) is 0 Å². The SMILES string of the molecule is CN(C)c1ccc2c(=O)c3ccccc3n(CC(=O)O)c2c1Cl. The summed E-state index contributed by atoms with van der Waals surface area (Å²) in [5.41, 5.74) is 1.59. The number of carboxylic acid groups (broad SMARTS) is 1. The van der Waals surface area contributed by atoms with E-state index in [1.165, 1.54) is 0 Å². The summed E-state index contributed by atoms with van der Waals surface area (Å²) in [5.74, 6) is -0.994. The Morgan fingerprint density at radius 2 is 1.87 bits per heavy atom. The van der Waals surface area contributed by atoms with E-state index in [4.69, 9.17) is 11.6 Å². The van der Waals surface area contributed by atoms with Gasteiger partial charge in [0.1, 0.15) is 6.54 Å².